The van der Waals surface area contributed by atoms with Gasteiger partial charge in [-0.1, -0.05) is 0 Å². The van der Waals surface area contributed by atoms with Gasteiger partial charge in [-0.15, -0.1) is 0 Å². The highest BCUT2D eigenvalue weighted by Crippen LogP contribution is 2.19. The third kappa shape index (κ3) is 5.64. The molecule has 0 radical (unpaired) electrons. The van der Waals surface area contributed by atoms with Crippen LogP contribution in [0, 0.1) is 0 Å². The van der Waals surface area contributed by atoms with Crippen LogP contribution >= 0.6 is 0 Å². The molecule has 0 atom stereocenters. The van der Waals surface area contributed by atoms with Gasteiger partial charge in [0.15, 0.2) is 0 Å². The molecular weight excluding hydrogens is 279 g/mol. The first-order valence-corrected chi connectivity index (χ1v) is 6.20. The van der Waals surface area contributed by atoms with Crippen LogP contribution < -0.4 is 0 Å². The summed E-state index contributed by atoms with van der Waals surface area (Å²) in [5.74, 6) is -0.938. The average Bonchev–Trinajstić information content (AvgIpc) is 2.34. The largest absolute Gasteiger partial charge is 0.480 e. The zero-order chi connectivity index (χ0) is 15.3. The van der Waals surface area contributed by atoms with Crippen LogP contribution in [0.25, 0.3) is 0 Å². The third-order valence-corrected chi connectivity index (χ3v) is 3.06. The minimum Gasteiger partial charge on any atom is -0.480 e. The number of carboxylic acid groups (broad SMARTS) is 1. The summed E-state index contributed by atoms with van der Waals surface area (Å²) in [7, 11) is 1.33. The maximum atomic E-state index is 12.1. The topological polar surface area (TPSA) is 64.1 Å². The lowest BCUT2D eigenvalue weighted by molar-refractivity contribution is -0.138. The molecule has 0 saturated carbocycles. The van der Waals surface area contributed by atoms with Gasteiger partial charge in [0, 0.05) is 39.8 Å². The maximum absolute atomic E-state index is 12.1. The molecule has 0 spiro atoms. The summed E-state index contributed by atoms with van der Waals surface area (Å²) >= 11 is 0. The molecule has 1 heterocycles. The van der Waals surface area contributed by atoms with Crippen LogP contribution in [0.4, 0.5) is 18.0 Å². The van der Waals surface area contributed by atoms with Crippen LogP contribution in [-0.2, 0) is 4.79 Å². The molecule has 20 heavy (non-hydrogen) atoms. The molecule has 2 amide bonds. The molecule has 0 aliphatic carbocycles. The van der Waals surface area contributed by atoms with Gasteiger partial charge in [0.05, 0.1) is 13.0 Å². The Hall–Kier alpha value is -1.51. The second-order valence-electron chi connectivity index (χ2n) is 4.73. The predicted octanol–water partition coefficient (Wildman–Crippen LogP) is 0.693. The fourth-order valence-corrected chi connectivity index (χ4v) is 1.92. The van der Waals surface area contributed by atoms with Gasteiger partial charge in [0.1, 0.15) is 0 Å². The van der Waals surface area contributed by atoms with Gasteiger partial charge in [-0.2, -0.15) is 13.2 Å². The Kier molecular flexibility index (Phi) is 5.61. The van der Waals surface area contributed by atoms with Crippen molar-refractivity contribution in [3.8, 4) is 0 Å². The van der Waals surface area contributed by atoms with Crippen molar-refractivity contribution in [2.45, 2.75) is 12.6 Å². The van der Waals surface area contributed by atoms with Crippen LogP contribution in [0.5, 0.6) is 0 Å². The molecule has 6 nitrogen and oxygen atoms in total. The van der Waals surface area contributed by atoms with Gasteiger partial charge in [0.25, 0.3) is 0 Å². The van der Waals surface area contributed by atoms with E-state index in [0.717, 1.165) is 4.90 Å². The summed E-state index contributed by atoms with van der Waals surface area (Å²) in [6, 6.07) is -0.454. The van der Waals surface area contributed by atoms with Crippen LogP contribution in [0.2, 0.25) is 0 Å². The Morgan fingerprint density at radius 3 is 2.20 bits per heavy atom. The van der Waals surface area contributed by atoms with Gasteiger partial charge >= 0.3 is 18.2 Å². The Labute approximate surface area is 114 Å². The number of piperazine rings is 1. The van der Waals surface area contributed by atoms with Crippen molar-refractivity contribution in [1.29, 1.82) is 0 Å². The van der Waals surface area contributed by atoms with Crippen LogP contribution in [0.15, 0.2) is 0 Å². The smallest absolute Gasteiger partial charge is 0.390 e. The number of carboxylic acids is 1. The molecule has 1 aliphatic heterocycles. The summed E-state index contributed by atoms with van der Waals surface area (Å²) in [4.78, 5) is 26.6. The monoisotopic (exact) mass is 297 g/mol. The Bertz CT molecular complexity index is 355. The number of alkyl halides is 3. The lowest BCUT2D eigenvalue weighted by Crippen LogP contribution is -2.53. The highest BCUT2D eigenvalue weighted by Gasteiger charge is 2.30. The van der Waals surface area contributed by atoms with E-state index in [1.165, 1.54) is 11.9 Å². The van der Waals surface area contributed by atoms with Crippen LogP contribution in [-0.4, -0.2) is 84.3 Å². The van der Waals surface area contributed by atoms with Crippen molar-refractivity contribution in [3.05, 3.63) is 0 Å². The molecule has 1 saturated heterocycles. The zero-order valence-corrected chi connectivity index (χ0v) is 11.2. The number of hydrogen-bond acceptors (Lipinski definition) is 3. The number of halogens is 3. The average molecular weight is 297 g/mol. The van der Waals surface area contributed by atoms with Gasteiger partial charge in [-0.3, -0.25) is 9.69 Å². The van der Waals surface area contributed by atoms with Crippen LogP contribution in [0.1, 0.15) is 6.42 Å². The fraction of sp³-hybridized carbons (Fsp3) is 0.818. The summed E-state index contributed by atoms with van der Waals surface area (Å²) in [5.41, 5.74) is 0. The van der Waals surface area contributed by atoms with Crippen molar-refractivity contribution < 1.29 is 27.9 Å². The number of carbonyl (C=O) groups excluding carboxylic acids is 1. The first-order valence-electron chi connectivity index (χ1n) is 6.20. The predicted molar refractivity (Wildman–Crippen MR) is 64.3 cm³/mol. The molecule has 1 rings (SSSR count). The summed E-state index contributed by atoms with van der Waals surface area (Å²) in [6.07, 6.45) is -5.32. The number of rotatable bonds is 4. The third-order valence-electron chi connectivity index (χ3n) is 3.06. The van der Waals surface area contributed by atoms with Gasteiger partial charge < -0.3 is 14.9 Å². The number of carbonyl (C=O) groups is 2. The normalized spacial score (nSPS) is 17.1. The Morgan fingerprint density at radius 1 is 1.20 bits per heavy atom. The number of aliphatic carboxylic acids is 1. The van der Waals surface area contributed by atoms with E-state index in [0.29, 0.717) is 26.2 Å². The van der Waals surface area contributed by atoms with Crippen molar-refractivity contribution in [2.24, 2.45) is 0 Å². The van der Waals surface area contributed by atoms with Gasteiger partial charge in [-0.05, 0) is 0 Å². The highest BCUT2D eigenvalue weighted by molar-refractivity contribution is 5.74. The summed E-state index contributed by atoms with van der Waals surface area (Å²) in [6.45, 7) is 0.991. The number of nitrogens with zero attached hydrogens (tertiary/aromatic N) is 3. The summed E-state index contributed by atoms with van der Waals surface area (Å²) in [5, 5.41) is 8.64. The SMILES string of the molecule is CN(CCC(F)(F)F)C(=O)N1CCN(CC(=O)O)CC1. The quantitative estimate of drug-likeness (QED) is 0.829. The molecule has 0 unspecified atom stereocenters. The van der Waals surface area contributed by atoms with E-state index in [2.05, 4.69) is 0 Å². The molecule has 0 bridgehead atoms. The zero-order valence-electron chi connectivity index (χ0n) is 11.2. The van der Waals surface area contributed by atoms with Crippen molar-refractivity contribution in [3.63, 3.8) is 0 Å². The van der Waals surface area contributed by atoms with E-state index in [1.54, 1.807) is 4.90 Å². The lowest BCUT2D eigenvalue weighted by Gasteiger charge is -2.36. The fourth-order valence-electron chi connectivity index (χ4n) is 1.92. The first-order chi connectivity index (χ1) is 9.19. The molecule has 1 N–H and O–H groups in total. The number of urea groups is 1. The molecular formula is C11H18F3N3O3. The molecule has 116 valence electrons. The van der Waals surface area contributed by atoms with Crippen molar-refractivity contribution >= 4 is 12.0 Å². The maximum Gasteiger partial charge on any atom is 0.390 e. The van der Waals surface area contributed by atoms with E-state index < -0.39 is 24.6 Å². The number of hydrogen-bond donors (Lipinski definition) is 1. The molecule has 1 aliphatic rings. The lowest BCUT2D eigenvalue weighted by atomic mass is 10.3. The van der Waals surface area contributed by atoms with E-state index in [-0.39, 0.29) is 13.1 Å². The first kappa shape index (κ1) is 16.5. The van der Waals surface area contributed by atoms with E-state index in [1.807, 2.05) is 0 Å². The van der Waals surface area contributed by atoms with Crippen molar-refractivity contribution in [1.82, 2.24) is 14.7 Å². The van der Waals surface area contributed by atoms with Gasteiger partial charge in [-0.25, -0.2) is 4.79 Å². The van der Waals surface area contributed by atoms with Gasteiger partial charge in [0.2, 0.25) is 0 Å². The van der Waals surface area contributed by atoms with Crippen LogP contribution in [0.3, 0.4) is 0 Å². The van der Waals surface area contributed by atoms with E-state index in [9.17, 15) is 22.8 Å². The molecule has 9 heteroatoms. The standard InChI is InChI=1S/C11H18F3N3O3/c1-15(3-2-11(12,13)14)10(20)17-6-4-16(5-7-17)8-9(18)19/h2-8H2,1H3,(H,18,19). The Morgan fingerprint density at radius 2 is 1.75 bits per heavy atom. The second kappa shape index (κ2) is 6.78. The molecule has 0 aromatic heterocycles. The molecule has 1 fully saturated rings. The minimum absolute atomic E-state index is 0.0913. The second-order valence-corrected chi connectivity index (χ2v) is 4.73. The van der Waals surface area contributed by atoms with Crippen molar-refractivity contribution in [2.75, 3.05) is 46.3 Å². The Balaban J connectivity index is 2.36. The summed E-state index contributed by atoms with van der Waals surface area (Å²) < 4.78 is 36.2. The highest BCUT2D eigenvalue weighted by atomic mass is 19.4. The minimum atomic E-state index is -4.28. The van der Waals surface area contributed by atoms with E-state index in [4.69, 9.17) is 5.11 Å². The number of amides is 2. The van der Waals surface area contributed by atoms with E-state index >= 15 is 0 Å². The molecule has 0 aromatic carbocycles. The molecule has 0 aromatic rings.